The molecule has 31 heavy (non-hydrogen) atoms. The van der Waals surface area contributed by atoms with E-state index in [1.54, 1.807) is 4.90 Å². The van der Waals surface area contributed by atoms with Crippen molar-refractivity contribution in [2.75, 3.05) is 31.6 Å². The zero-order valence-electron chi connectivity index (χ0n) is 17.9. The Morgan fingerprint density at radius 3 is 2.48 bits per heavy atom. The number of aryl methyl sites for hydroxylation is 1. The summed E-state index contributed by atoms with van der Waals surface area (Å²) in [6.07, 6.45) is 4.83. The van der Waals surface area contributed by atoms with Gasteiger partial charge in [-0.1, -0.05) is 19.1 Å². The number of carbonyl (C=O) groups is 1. The van der Waals surface area contributed by atoms with Gasteiger partial charge in [0.2, 0.25) is 0 Å². The normalized spacial score (nSPS) is 20.7. The van der Waals surface area contributed by atoms with Gasteiger partial charge in [-0.25, -0.2) is 9.78 Å². The lowest BCUT2D eigenvalue weighted by Gasteiger charge is -2.28. The van der Waals surface area contributed by atoms with E-state index < -0.39 is 0 Å². The van der Waals surface area contributed by atoms with Crippen LogP contribution in [0.3, 0.4) is 0 Å². The van der Waals surface area contributed by atoms with Crippen LogP contribution in [-0.2, 0) is 15.9 Å². The molecule has 2 atom stereocenters. The van der Waals surface area contributed by atoms with Gasteiger partial charge in [0.1, 0.15) is 5.82 Å². The minimum Gasteiger partial charge on any atom is -0.376 e. The average Bonchev–Trinajstić information content (AvgIpc) is 3.47. The van der Waals surface area contributed by atoms with Crippen LogP contribution in [0.2, 0.25) is 0 Å². The summed E-state index contributed by atoms with van der Waals surface area (Å²) in [7, 11) is 0. The number of hydrogen-bond donors (Lipinski definition) is 2. The number of aromatic amines is 1. The van der Waals surface area contributed by atoms with Gasteiger partial charge in [-0.2, -0.15) is 0 Å². The number of amides is 2. The molecule has 8 nitrogen and oxygen atoms in total. The van der Waals surface area contributed by atoms with E-state index >= 15 is 0 Å². The fraction of sp³-hybridized carbons (Fsp3) is 0.522. The molecule has 2 aliphatic heterocycles. The van der Waals surface area contributed by atoms with Gasteiger partial charge < -0.3 is 24.7 Å². The first-order chi connectivity index (χ1) is 15.1. The van der Waals surface area contributed by atoms with Gasteiger partial charge in [0.05, 0.1) is 12.2 Å². The van der Waals surface area contributed by atoms with Gasteiger partial charge >= 0.3 is 6.03 Å². The van der Waals surface area contributed by atoms with Crippen LogP contribution in [-0.4, -0.2) is 59.4 Å². The summed E-state index contributed by atoms with van der Waals surface area (Å²) in [4.78, 5) is 34.1. The Balaban J connectivity index is 1.49. The molecular weight excluding hydrogens is 396 g/mol. The topological polar surface area (TPSA) is 96.6 Å². The molecule has 8 heteroatoms. The van der Waals surface area contributed by atoms with Crippen molar-refractivity contribution in [3.63, 3.8) is 0 Å². The number of benzene rings is 1. The minimum absolute atomic E-state index is 0.0737. The van der Waals surface area contributed by atoms with E-state index in [0.29, 0.717) is 31.0 Å². The number of ether oxygens (including phenoxy) is 2. The maximum Gasteiger partial charge on any atom is 0.322 e. The van der Waals surface area contributed by atoms with Crippen LogP contribution < -0.4 is 10.9 Å². The standard InChI is InChI=1S/C23H30N4O4/c1-2-17-13-21(28)26-22(24-17)16-6-3-7-18(12-16)25-23(29)27(14-19-8-4-10-30-19)15-20-9-5-11-31-20/h3,6-7,12-13,19-20H,2,4-5,8-11,14-15H2,1H3,(H,25,29)(H,24,26,28)/t19-,20-/m1/s1. The summed E-state index contributed by atoms with van der Waals surface area (Å²) >= 11 is 0. The van der Waals surface area contributed by atoms with Gasteiger partial charge in [-0.3, -0.25) is 4.79 Å². The Labute approximate surface area is 182 Å². The zero-order chi connectivity index (χ0) is 21.6. The van der Waals surface area contributed by atoms with Crippen molar-refractivity contribution in [2.45, 2.75) is 51.2 Å². The average molecular weight is 427 g/mol. The summed E-state index contributed by atoms with van der Waals surface area (Å²) in [5, 5.41) is 3.00. The third-order valence-corrected chi connectivity index (χ3v) is 5.73. The van der Waals surface area contributed by atoms with Crippen LogP contribution >= 0.6 is 0 Å². The molecule has 0 aliphatic carbocycles. The van der Waals surface area contributed by atoms with Gasteiger partial charge in [0.15, 0.2) is 0 Å². The molecular formula is C23H30N4O4. The molecule has 1 aromatic heterocycles. The fourth-order valence-electron chi connectivity index (χ4n) is 4.08. The van der Waals surface area contributed by atoms with E-state index in [-0.39, 0.29) is 23.8 Å². The number of anilines is 1. The number of nitrogens with zero attached hydrogens (tertiary/aromatic N) is 2. The molecule has 166 valence electrons. The highest BCUT2D eigenvalue weighted by molar-refractivity contribution is 5.90. The molecule has 4 rings (SSSR count). The summed E-state index contributed by atoms with van der Waals surface area (Å²) in [5.74, 6) is 0.496. The van der Waals surface area contributed by atoms with Crippen molar-refractivity contribution < 1.29 is 14.3 Å². The summed E-state index contributed by atoms with van der Waals surface area (Å²) in [6.45, 7) is 4.57. The minimum atomic E-state index is -0.185. The molecule has 0 bridgehead atoms. The number of rotatable bonds is 7. The molecule has 2 aliphatic rings. The van der Waals surface area contributed by atoms with E-state index in [1.165, 1.54) is 6.07 Å². The molecule has 2 saturated heterocycles. The van der Waals surface area contributed by atoms with Crippen molar-refractivity contribution in [2.24, 2.45) is 0 Å². The number of carbonyl (C=O) groups excluding carboxylic acids is 1. The van der Waals surface area contributed by atoms with E-state index in [1.807, 2.05) is 31.2 Å². The lowest BCUT2D eigenvalue weighted by atomic mass is 10.1. The number of urea groups is 1. The highest BCUT2D eigenvalue weighted by Gasteiger charge is 2.27. The van der Waals surface area contributed by atoms with Crippen LogP contribution in [0, 0.1) is 0 Å². The van der Waals surface area contributed by atoms with Crippen molar-refractivity contribution in [1.29, 1.82) is 0 Å². The third kappa shape index (κ3) is 5.71. The van der Waals surface area contributed by atoms with Gasteiger partial charge in [-0.15, -0.1) is 0 Å². The molecule has 2 N–H and O–H groups in total. The molecule has 3 heterocycles. The number of H-pyrrole nitrogens is 1. The van der Waals surface area contributed by atoms with Crippen LogP contribution in [0.5, 0.6) is 0 Å². The molecule has 2 amide bonds. The maximum atomic E-state index is 13.1. The highest BCUT2D eigenvalue weighted by Crippen LogP contribution is 2.21. The molecule has 0 unspecified atom stereocenters. The highest BCUT2D eigenvalue weighted by atomic mass is 16.5. The first kappa shape index (κ1) is 21.5. The Kier molecular flexibility index (Phi) is 6.99. The lowest BCUT2D eigenvalue weighted by molar-refractivity contribution is 0.0524. The predicted molar refractivity (Wildman–Crippen MR) is 118 cm³/mol. The van der Waals surface area contributed by atoms with E-state index in [4.69, 9.17) is 9.47 Å². The molecule has 2 fully saturated rings. The van der Waals surface area contributed by atoms with Crippen LogP contribution in [0.15, 0.2) is 35.1 Å². The Hall–Kier alpha value is -2.71. The molecule has 0 spiro atoms. The Bertz CT molecular complexity index is 931. The Morgan fingerprint density at radius 2 is 1.87 bits per heavy atom. The first-order valence-electron chi connectivity index (χ1n) is 11.1. The smallest absolute Gasteiger partial charge is 0.322 e. The largest absolute Gasteiger partial charge is 0.376 e. The summed E-state index contributed by atoms with van der Waals surface area (Å²) < 4.78 is 11.5. The molecule has 0 saturated carbocycles. The van der Waals surface area contributed by atoms with Gasteiger partial charge in [0.25, 0.3) is 5.56 Å². The molecule has 0 radical (unpaired) electrons. The Morgan fingerprint density at radius 1 is 1.16 bits per heavy atom. The monoisotopic (exact) mass is 426 g/mol. The molecule has 2 aromatic rings. The SMILES string of the molecule is CCc1cc(=O)[nH]c(-c2cccc(NC(=O)N(C[C@H]3CCCO3)C[C@H]3CCCO3)c2)n1. The third-order valence-electron chi connectivity index (χ3n) is 5.73. The van der Waals surface area contributed by atoms with Crippen LogP contribution in [0.4, 0.5) is 10.5 Å². The van der Waals surface area contributed by atoms with Crippen molar-refractivity contribution in [3.8, 4) is 11.4 Å². The zero-order valence-corrected chi connectivity index (χ0v) is 17.9. The quantitative estimate of drug-likeness (QED) is 0.709. The second kappa shape index (κ2) is 10.1. The summed E-state index contributed by atoms with van der Waals surface area (Å²) in [6, 6.07) is 8.69. The van der Waals surface area contributed by atoms with Crippen molar-refractivity contribution in [1.82, 2.24) is 14.9 Å². The second-order valence-electron chi connectivity index (χ2n) is 8.12. The van der Waals surface area contributed by atoms with Crippen molar-refractivity contribution >= 4 is 11.7 Å². The number of aromatic nitrogens is 2. The van der Waals surface area contributed by atoms with Gasteiger partial charge in [0, 0.05) is 49.3 Å². The van der Waals surface area contributed by atoms with Crippen molar-refractivity contribution in [3.05, 3.63) is 46.4 Å². The van der Waals surface area contributed by atoms with Crippen LogP contribution in [0.25, 0.3) is 11.4 Å². The van der Waals surface area contributed by atoms with Crippen LogP contribution in [0.1, 0.15) is 38.3 Å². The summed E-state index contributed by atoms with van der Waals surface area (Å²) in [5.41, 5.74) is 1.94. The predicted octanol–water partition coefficient (Wildman–Crippen LogP) is 3.19. The second-order valence-corrected chi connectivity index (χ2v) is 8.12. The number of nitrogens with one attached hydrogen (secondary N) is 2. The molecule has 1 aromatic carbocycles. The lowest BCUT2D eigenvalue weighted by Crippen LogP contribution is -2.44. The van der Waals surface area contributed by atoms with E-state index in [0.717, 1.165) is 50.2 Å². The van der Waals surface area contributed by atoms with E-state index in [2.05, 4.69) is 15.3 Å². The maximum absolute atomic E-state index is 13.1. The fourth-order valence-corrected chi connectivity index (χ4v) is 4.08. The number of hydrogen-bond acceptors (Lipinski definition) is 5. The van der Waals surface area contributed by atoms with E-state index in [9.17, 15) is 9.59 Å². The van der Waals surface area contributed by atoms with Gasteiger partial charge in [-0.05, 0) is 44.2 Å². The first-order valence-corrected chi connectivity index (χ1v) is 11.1.